The molecule has 0 aliphatic heterocycles. The van der Waals surface area contributed by atoms with Crippen molar-refractivity contribution in [2.75, 3.05) is 0 Å². The zero-order valence-electron chi connectivity index (χ0n) is 13.2. The van der Waals surface area contributed by atoms with E-state index in [0.29, 0.717) is 30.1 Å². The number of ketones is 1. The highest BCUT2D eigenvalue weighted by Crippen LogP contribution is 2.48. The Morgan fingerprint density at radius 2 is 2.10 bits per heavy atom. The molecule has 2 N–H and O–H groups in total. The van der Waals surface area contributed by atoms with Crippen LogP contribution >= 0.6 is 0 Å². The first-order chi connectivity index (χ1) is 10.1. The van der Waals surface area contributed by atoms with E-state index in [2.05, 4.69) is 18.9 Å². The molecule has 4 unspecified atom stereocenters. The lowest BCUT2D eigenvalue weighted by Crippen LogP contribution is -2.40. The molecule has 4 atom stereocenters. The maximum absolute atomic E-state index is 12.6. The molecule has 1 aromatic heterocycles. The molecule has 0 spiro atoms. The predicted octanol–water partition coefficient (Wildman–Crippen LogP) is 2.73. The SMILES string of the molecule is CCC(CC)n1ccc(CC(=O)C2C3CCC(C3)C2N)n1. The van der Waals surface area contributed by atoms with Crippen LogP contribution in [-0.4, -0.2) is 21.6 Å². The number of carbonyl (C=O) groups is 1. The summed E-state index contributed by atoms with van der Waals surface area (Å²) in [6.45, 7) is 4.35. The minimum Gasteiger partial charge on any atom is -0.327 e. The summed E-state index contributed by atoms with van der Waals surface area (Å²) in [5, 5.41) is 4.61. The number of aromatic nitrogens is 2. The van der Waals surface area contributed by atoms with E-state index in [1.165, 1.54) is 19.3 Å². The Balaban J connectivity index is 1.65. The first-order valence-corrected chi connectivity index (χ1v) is 8.46. The van der Waals surface area contributed by atoms with Gasteiger partial charge in [-0.05, 0) is 50.0 Å². The highest BCUT2D eigenvalue weighted by Gasteiger charge is 2.48. The van der Waals surface area contributed by atoms with Crippen LogP contribution in [0.3, 0.4) is 0 Å². The van der Waals surface area contributed by atoms with Gasteiger partial charge in [-0.25, -0.2) is 0 Å². The van der Waals surface area contributed by atoms with Gasteiger partial charge >= 0.3 is 0 Å². The lowest BCUT2D eigenvalue weighted by atomic mass is 9.81. The second kappa shape index (κ2) is 5.91. The van der Waals surface area contributed by atoms with Crippen LogP contribution < -0.4 is 5.73 Å². The fourth-order valence-electron chi connectivity index (χ4n) is 4.45. The van der Waals surface area contributed by atoms with Crippen molar-refractivity contribution in [3.63, 3.8) is 0 Å². The summed E-state index contributed by atoms with van der Waals surface area (Å²) in [6, 6.07) is 2.53. The van der Waals surface area contributed by atoms with Gasteiger partial charge < -0.3 is 5.73 Å². The lowest BCUT2D eigenvalue weighted by Gasteiger charge is -2.26. The average molecular weight is 289 g/mol. The number of hydrogen-bond acceptors (Lipinski definition) is 3. The zero-order chi connectivity index (χ0) is 15.0. The molecule has 0 radical (unpaired) electrons. The van der Waals surface area contributed by atoms with Crippen molar-refractivity contribution in [3.8, 4) is 0 Å². The topological polar surface area (TPSA) is 60.9 Å². The van der Waals surface area contributed by atoms with Crippen molar-refractivity contribution in [1.82, 2.24) is 9.78 Å². The van der Waals surface area contributed by atoms with Gasteiger partial charge in [-0.3, -0.25) is 9.48 Å². The molecule has 0 aromatic carbocycles. The van der Waals surface area contributed by atoms with Gasteiger partial charge in [0.15, 0.2) is 0 Å². The Hall–Kier alpha value is -1.16. The molecular weight excluding hydrogens is 262 g/mol. The Morgan fingerprint density at radius 1 is 1.38 bits per heavy atom. The van der Waals surface area contributed by atoms with Crippen LogP contribution in [0.5, 0.6) is 0 Å². The van der Waals surface area contributed by atoms with E-state index >= 15 is 0 Å². The fraction of sp³-hybridized carbons (Fsp3) is 0.765. The number of nitrogens with zero attached hydrogens (tertiary/aromatic N) is 2. The van der Waals surface area contributed by atoms with E-state index < -0.39 is 0 Å². The summed E-state index contributed by atoms with van der Waals surface area (Å²) in [5.74, 6) is 1.52. The first-order valence-electron chi connectivity index (χ1n) is 8.46. The first kappa shape index (κ1) is 14.8. The molecule has 2 aliphatic rings. The van der Waals surface area contributed by atoms with Gasteiger partial charge in [0.25, 0.3) is 0 Å². The third-order valence-corrected chi connectivity index (χ3v) is 5.69. The van der Waals surface area contributed by atoms with Gasteiger partial charge in [-0.15, -0.1) is 0 Å². The van der Waals surface area contributed by atoms with Crippen molar-refractivity contribution in [2.45, 2.75) is 64.5 Å². The van der Waals surface area contributed by atoms with Crippen molar-refractivity contribution in [1.29, 1.82) is 0 Å². The Labute approximate surface area is 127 Å². The highest BCUT2D eigenvalue weighted by molar-refractivity contribution is 5.84. The maximum atomic E-state index is 12.6. The molecule has 3 rings (SSSR count). The molecular formula is C17H27N3O. The molecule has 2 fully saturated rings. The van der Waals surface area contributed by atoms with Gasteiger partial charge in [0.2, 0.25) is 0 Å². The summed E-state index contributed by atoms with van der Waals surface area (Å²) in [5.41, 5.74) is 7.17. The lowest BCUT2D eigenvalue weighted by molar-refractivity contribution is -0.124. The van der Waals surface area contributed by atoms with Crippen molar-refractivity contribution in [3.05, 3.63) is 18.0 Å². The molecule has 2 saturated carbocycles. The smallest absolute Gasteiger partial charge is 0.143 e. The van der Waals surface area contributed by atoms with Crippen LogP contribution in [0.1, 0.15) is 57.7 Å². The molecule has 2 aliphatic carbocycles. The van der Waals surface area contributed by atoms with Crippen molar-refractivity contribution < 1.29 is 4.79 Å². The predicted molar refractivity (Wildman–Crippen MR) is 82.9 cm³/mol. The number of nitrogens with two attached hydrogens (primary N) is 1. The monoisotopic (exact) mass is 289 g/mol. The van der Waals surface area contributed by atoms with Crippen molar-refractivity contribution in [2.24, 2.45) is 23.5 Å². The van der Waals surface area contributed by atoms with Crippen LogP contribution in [0.2, 0.25) is 0 Å². The molecule has 0 amide bonds. The Kier molecular flexibility index (Phi) is 4.16. The van der Waals surface area contributed by atoms with Gasteiger partial charge in [-0.1, -0.05) is 13.8 Å². The number of Topliss-reactive ketones (excluding diaryl/α,β-unsaturated/α-hetero) is 1. The second-order valence-corrected chi connectivity index (χ2v) is 6.84. The van der Waals surface area contributed by atoms with Crippen LogP contribution in [0.25, 0.3) is 0 Å². The number of fused-ring (bicyclic) bond motifs is 2. The summed E-state index contributed by atoms with van der Waals surface area (Å²) in [4.78, 5) is 12.6. The molecule has 21 heavy (non-hydrogen) atoms. The third kappa shape index (κ3) is 2.66. The Bertz CT molecular complexity index is 504. The van der Waals surface area contributed by atoms with E-state index in [1.54, 1.807) is 0 Å². The maximum Gasteiger partial charge on any atom is 0.143 e. The Morgan fingerprint density at radius 3 is 2.71 bits per heavy atom. The zero-order valence-corrected chi connectivity index (χ0v) is 13.2. The van der Waals surface area contributed by atoms with E-state index in [-0.39, 0.29) is 12.0 Å². The molecule has 1 aromatic rings. The number of hydrogen-bond donors (Lipinski definition) is 1. The van der Waals surface area contributed by atoms with Gasteiger partial charge in [0.05, 0.1) is 18.2 Å². The van der Waals surface area contributed by atoms with Crippen molar-refractivity contribution >= 4 is 5.78 Å². The molecule has 116 valence electrons. The van der Waals surface area contributed by atoms with Gasteiger partial charge in [-0.2, -0.15) is 5.10 Å². The van der Waals surface area contributed by atoms with Crippen LogP contribution in [0.15, 0.2) is 12.3 Å². The second-order valence-electron chi connectivity index (χ2n) is 6.84. The highest BCUT2D eigenvalue weighted by atomic mass is 16.1. The molecule has 4 nitrogen and oxygen atoms in total. The minimum atomic E-state index is 0.0852. The quantitative estimate of drug-likeness (QED) is 0.876. The van der Waals surface area contributed by atoms with E-state index in [0.717, 1.165) is 18.5 Å². The molecule has 2 bridgehead atoms. The average Bonchev–Trinajstić information content (AvgIpc) is 3.16. The minimum absolute atomic E-state index is 0.0852. The number of rotatable bonds is 6. The normalized spacial score (nSPS) is 31.2. The fourth-order valence-corrected chi connectivity index (χ4v) is 4.45. The van der Waals surface area contributed by atoms with Crippen LogP contribution in [-0.2, 0) is 11.2 Å². The standard InChI is InChI=1S/C17H27N3O/c1-3-14(4-2)20-8-7-13(19-20)10-15(21)16-11-5-6-12(9-11)17(16)18/h7-8,11-12,14,16-17H,3-6,9-10,18H2,1-2H3. The summed E-state index contributed by atoms with van der Waals surface area (Å²) in [6.07, 6.45) is 8.19. The van der Waals surface area contributed by atoms with Crippen LogP contribution in [0.4, 0.5) is 0 Å². The van der Waals surface area contributed by atoms with E-state index in [4.69, 9.17) is 5.73 Å². The van der Waals surface area contributed by atoms with Gasteiger partial charge in [0.1, 0.15) is 5.78 Å². The summed E-state index contributed by atoms with van der Waals surface area (Å²) in [7, 11) is 0. The summed E-state index contributed by atoms with van der Waals surface area (Å²) >= 11 is 0. The van der Waals surface area contributed by atoms with Gasteiger partial charge in [0, 0.05) is 18.2 Å². The van der Waals surface area contributed by atoms with E-state index in [1.807, 2.05) is 16.9 Å². The number of carbonyl (C=O) groups excluding carboxylic acids is 1. The summed E-state index contributed by atoms with van der Waals surface area (Å²) < 4.78 is 2.02. The largest absolute Gasteiger partial charge is 0.327 e. The molecule has 4 heteroatoms. The molecule has 0 saturated heterocycles. The molecule has 1 heterocycles. The van der Waals surface area contributed by atoms with Crippen LogP contribution in [0, 0.1) is 17.8 Å². The third-order valence-electron chi connectivity index (χ3n) is 5.69. The van der Waals surface area contributed by atoms with E-state index in [9.17, 15) is 4.79 Å².